The number of nitrogens with one attached hydrogen (secondary N) is 1. The third kappa shape index (κ3) is 3.37. The van der Waals surface area contributed by atoms with Crippen molar-refractivity contribution in [3.63, 3.8) is 0 Å². The lowest BCUT2D eigenvalue weighted by atomic mass is 10.3. The minimum Gasteiger partial charge on any atom is -0.351 e. The smallest absolute Gasteiger partial charge is 0.324 e. The fraction of sp³-hybridized carbons (Fsp3) is 0.200. The molecule has 8 heteroatoms. The molecule has 1 aromatic carbocycles. The average molecular weight is 330 g/mol. The average Bonchev–Trinajstić information content (AvgIpc) is 3.19. The number of nitrogens with zero attached hydrogens (tertiary/aromatic N) is 3. The minimum atomic E-state index is -0.494. The van der Waals surface area contributed by atoms with Crippen LogP contribution in [0.15, 0.2) is 42.7 Å². The summed E-state index contributed by atoms with van der Waals surface area (Å²) in [6.07, 6.45) is 2.54. The summed E-state index contributed by atoms with van der Waals surface area (Å²) in [5.41, 5.74) is 2.01. The molecule has 0 aliphatic carbocycles. The normalized spacial score (nSPS) is 10.8. The maximum absolute atomic E-state index is 11.9. The van der Waals surface area contributed by atoms with Crippen LogP contribution in [0.25, 0.3) is 11.0 Å². The Bertz CT molecular complexity index is 855. The molecule has 0 bridgehead atoms. The van der Waals surface area contributed by atoms with Crippen LogP contribution in [0.5, 0.6) is 0 Å². The molecular formula is C15H14N4O3S. The van der Waals surface area contributed by atoms with Crippen molar-refractivity contribution in [3.05, 3.63) is 57.7 Å². The van der Waals surface area contributed by atoms with Crippen LogP contribution in [0, 0.1) is 10.1 Å². The van der Waals surface area contributed by atoms with Crippen LogP contribution in [0.4, 0.5) is 5.00 Å². The number of carbonyl (C=O) groups is 1. The second kappa shape index (κ2) is 6.57. The van der Waals surface area contributed by atoms with E-state index < -0.39 is 4.92 Å². The number of hydrogen-bond donors (Lipinski definition) is 1. The molecule has 1 amide bonds. The maximum atomic E-state index is 11.9. The number of fused-ring (bicyclic) bond motifs is 1. The van der Waals surface area contributed by atoms with Crippen molar-refractivity contribution in [2.75, 3.05) is 6.54 Å². The third-order valence-corrected chi connectivity index (χ3v) is 4.42. The number of rotatable bonds is 6. The van der Waals surface area contributed by atoms with Gasteiger partial charge in [-0.3, -0.25) is 14.9 Å². The number of benzene rings is 1. The molecule has 0 fully saturated rings. The zero-order chi connectivity index (χ0) is 16.2. The number of carbonyl (C=O) groups excluding carboxylic acids is 1. The first-order valence-corrected chi connectivity index (χ1v) is 7.89. The number of aryl methyl sites for hydroxylation is 1. The molecule has 23 heavy (non-hydrogen) atoms. The zero-order valence-corrected chi connectivity index (χ0v) is 13.0. The number of hydrogen-bond acceptors (Lipinski definition) is 5. The fourth-order valence-electron chi connectivity index (χ4n) is 2.27. The van der Waals surface area contributed by atoms with Crippen molar-refractivity contribution < 1.29 is 9.72 Å². The standard InChI is InChI=1S/C15H14N4O3S/c20-15(13-6-7-14(23-13)19(21)22)16-8-3-9-18-10-17-11-4-1-2-5-12(11)18/h1-2,4-7,10H,3,8-9H2,(H,16,20). The minimum absolute atomic E-state index is 0.0277. The van der Waals surface area contributed by atoms with Gasteiger partial charge in [0.15, 0.2) is 0 Å². The number of amides is 1. The number of thiophene rings is 1. The Labute approximate surface area is 135 Å². The Morgan fingerprint density at radius 3 is 2.91 bits per heavy atom. The van der Waals surface area contributed by atoms with Crippen LogP contribution in [-0.2, 0) is 6.54 Å². The molecule has 0 unspecified atom stereocenters. The number of aromatic nitrogens is 2. The number of imidazole rings is 1. The summed E-state index contributed by atoms with van der Waals surface area (Å²) in [7, 11) is 0. The van der Waals surface area contributed by atoms with E-state index in [-0.39, 0.29) is 10.9 Å². The number of para-hydroxylation sites is 2. The van der Waals surface area contributed by atoms with Crippen molar-refractivity contribution in [2.24, 2.45) is 0 Å². The van der Waals surface area contributed by atoms with E-state index in [1.165, 1.54) is 12.1 Å². The van der Waals surface area contributed by atoms with Gasteiger partial charge in [0, 0.05) is 19.2 Å². The van der Waals surface area contributed by atoms with E-state index in [4.69, 9.17) is 0 Å². The summed E-state index contributed by atoms with van der Waals surface area (Å²) >= 11 is 0.880. The Balaban J connectivity index is 1.51. The van der Waals surface area contributed by atoms with Gasteiger partial charge in [0.25, 0.3) is 5.91 Å². The van der Waals surface area contributed by atoms with Gasteiger partial charge >= 0.3 is 5.00 Å². The first kappa shape index (κ1) is 15.2. The largest absolute Gasteiger partial charge is 0.351 e. The topological polar surface area (TPSA) is 90.1 Å². The molecule has 0 saturated heterocycles. The lowest BCUT2D eigenvalue weighted by Crippen LogP contribution is -2.24. The molecule has 0 aliphatic heterocycles. The number of nitro groups is 1. The van der Waals surface area contributed by atoms with E-state index in [0.29, 0.717) is 11.4 Å². The predicted molar refractivity (Wildman–Crippen MR) is 87.7 cm³/mol. The van der Waals surface area contributed by atoms with Crippen LogP contribution >= 0.6 is 11.3 Å². The Morgan fingerprint density at radius 2 is 2.13 bits per heavy atom. The predicted octanol–water partition coefficient (Wildman–Crippen LogP) is 2.83. The molecule has 2 heterocycles. The van der Waals surface area contributed by atoms with Crippen LogP contribution in [0.3, 0.4) is 0 Å². The molecule has 118 valence electrons. The van der Waals surface area contributed by atoms with Gasteiger partial charge in [-0.15, -0.1) is 0 Å². The van der Waals surface area contributed by atoms with Crippen LogP contribution in [0.1, 0.15) is 16.1 Å². The molecule has 2 aromatic heterocycles. The van der Waals surface area contributed by atoms with Gasteiger partial charge in [-0.1, -0.05) is 23.5 Å². The van der Waals surface area contributed by atoms with Crippen molar-refractivity contribution in [3.8, 4) is 0 Å². The molecule has 3 aromatic rings. The monoisotopic (exact) mass is 330 g/mol. The SMILES string of the molecule is O=C(NCCCn1cnc2ccccc21)c1ccc([N+](=O)[O-])s1. The Kier molecular flexibility index (Phi) is 4.33. The summed E-state index contributed by atoms with van der Waals surface area (Å²) in [5, 5.41) is 13.4. The van der Waals surface area contributed by atoms with Gasteiger partial charge in [0.2, 0.25) is 0 Å². The Hall–Kier alpha value is -2.74. The molecule has 1 N–H and O–H groups in total. The molecule has 0 aliphatic rings. The molecule has 0 atom stereocenters. The highest BCUT2D eigenvalue weighted by molar-refractivity contribution is 7.17. The molecule has 0 spiro atoms. The van der Waals surface area contributed by atoms with Gasteiger partial charge in [-0.25, -0.2) is 4.98 Å². The van der Waals surface area contributed by atoms with Gasteiger partial charge in [-0.2, -0.15) is 0 Å². The van der Waals surface area contributed by atoms with Crippen molar-refractivity contribution in [1.29, 1.82) is 0 Å². The van der Waals surface area contributed by atoms with Gasteiger partial charge in [0.05, 0.1) is 27.2 Å². The molecule has 0 saturated carbocycles. The van der Waals surface area contributed by atoms with E-state index in [9.17, 15) is 14.9 Å². The van der Waals surface area contributed by atoms with Gasteiger partial charge in [-0.05, 0) is 24.6 Å². The summed E-state index contributed by atoms with van der Waals surface area (Å²) in [6, 6.07) is 10.7. The highest BCUT2D eigenvalue weighted by atomic mass is 32.1. The van der Waals surface area contributed by atoms with Crippen molar-refractivity contribution >= 4 is 33.3 Å². The van der Waals surface area contributed by atoms with E-state index in [2.05, 4.69) is 10.3 Å². The van der Waals surface area contributed by atoms with Crippen LogP contribution < -0.4 is 5.32 Å². The van der Waals surface area contributed by atoms with Gasteiger partial charge < -0.3 is 9.88 Å². The lowest BCUT2D eigenvalue weighted by Gasteiger charge is -2.05. The maximum Gasteiger partial charge on any atom is 0.324 e. The summed E-state index contributed by atoms with van der Waals surface area (Å²) in [4.78, 5) is 26.7. The highest BCUT2D eigenvalue weighted by Crippen LogP contribution is 2.23. The zero-order valence-electron chi connectivity index (χ0n) is 12.1. The first-order chi connectivity index (χ1) is 11.1. The second-order valence-electron chi connectivity index (χ2n) is 4.93. The third-order valence-electron chi connectivity index (χ3n) is 3.38. The Morgan fingerprint density at radius 1 is 1.30 bits per heavy atom. The van der Waals surface area contributed by atoms with Crippen LogP contribution in [0.2, 0.25) is 0 Å². The highest BCUT2D eigenvalue weighted by Gasteiger charge is 2.14. The van der Waals surface area contributed by atoms with E-state index in [0.717, 1.165) is 35.3 Å². The van der Waals surface area contributed by atoms with Gasteiger partial charge in [0.1, 0.15) is 0 Å². The van der Waals surface area contributed by atoms with E-state index >= 15 is 0 Å². The van der Waals surface area contributed by atoms with Crippen molar-refractivity contribution in [1.82, 2.24) is 14.9 Å². The molecular weight excluding hydrogens is 316 g/mol. The molecule has 0 radical (unpaired) electrons. The lowest BCUT2D eigenvalue weighted by molar-refractivity contribution is -0.380. The second-order valence-corrected chi connectivity index (χ2v) is 5.99. The molecule has 7 nitrogen and oxygen atoms in total. The quantitative estimate of drug-likeness (QED) is 0.427. The summed E-state index contributed by atoms with van der Waals surface area (Å²) in [5.74, 6) is -0.279. The first-order valence-electron chi connectivity index (χ1n) is 7.07. The molecule has 3 rings (SSSR count). The summed E-state index contributed by atoms with van der Waals surface area (Å²) in [6.45, 7) is 1.24. The fourth-order valence-corrected chi connectivity index (χ4v) is 3.01. The van der Waals surface area contributed by atoms with E-state index in [1.54, 1.807) is 6.33 Å². The van der Waals surface area contributed by atoms with Crippen molar-refractivity contribution in [2.45, 2.75) is 13.0 Å². The van der Waals surface area contributed by atoms with Crippen LogP contribution in [-0.4, -0.2) is 26.9 Å². The summed E-state index contributed by atoms with van der Waals surface area (Å²) < 4.78 is 2.04. The van der Waals surface area contributed by atoms with E-state index in [1.807, 2.05) is 28.8 Å².